The van der Waals surface area contributed by atoms with Crippen LogP contribution in [0.25, 0.3) is 0 Å². The number of thiophene rings is 1. The largest absolute Gasteiger partial charge is 0.386 e. The fourth-order valence-electron chi connectivity index (χ4n) is 1.34. The van der Waals surface area contributed by atoms with Crippen molar-refractivity contribution in [3.05, 3.63) is 34.3 Å². The number of hydrogen-bond donors (Lipinski definition) is 1. The van der Waals surface area contributed by atoms with Crippen LogP contribution in [0.3, 0.4) is 0 Å². The Bertz CT molecular complexity index is 396. The zero-order valence-electron chi connectivity index (χ0n) is 7.79. The van der Waals surface area contributed by atoms with Gasteiger partial charge in [0.25, 0.3) is 0 Å². The van der Waals surface area contributed by atoms with Crippen LogP contribution in [0.2, 0.25) is 0 Å². The highest BCUT2D eigenvalue weighted by Gasteiger charge is 2.12. The quantitative estimate of drug-likeness (QED) is 0.825. The van der Waals surface area contributed by atoms with E-state index in [-0.39, 0.29) is 0 Å². The van der Waals surface area contributed by atoms with Gasteiger partial charge in [-0.25, -0.2) is 4.68 Å². The van der Waals surface area contributed by atoms with Crippen molar-refractivity contribution in [3.63, 3.8) is 0 Å². The van der Waals surface area contributed by atoms with Gasteiger partial charge in [-0.3, -0.25) is 0 Å². The minimum Gasteiger partial charge on any atom is -0.386 e. The van der Waals surface area contributed by atoms with Crippen LogP contribution >= 0.6 is 11.3 Å². The molecule has 2 heterocycles. The lowest BCUT2D eigenvalue weighted by molar-refractivity contribution is 0.168. The van der Waals surface area contributed by atoms with Crippen molar-refractivity contribution in [1.82, 2.24) is 15.0 Å². The topological polar surface area (TPSA) is 50.9 Å². The molecule has 1 atom stereocenters. The van der Waals surface area contributed by atoms with Crippen molar-refractivity contribution in [2.75, 3.05) is 0 Å². The maximum atomic E-state index is 9.87. The zero-order chi connectivity index (χ0) is 9.97. The lowest BCUT2D eigenvalue weighted by atomic mass is 10.1. The van der Waals surface area contributed by atoms with E-state index in [1.807, 2.05) is 16.8 Å². The minimum absolute atomic E-state index is 0.524. The van der Waals surface area contributed by atoms with Gasteiger partial charge in [-0.15, -0.1) is 5.10 Å². The third-order valence-corrected chi connectivity index (χ3v) is 2.83. The molecule has 0 aromatic carbocycles. The Morgan fingerprint density at radius 2 is 2.50 bits per heavy atom. The number of nitrogens with zero attached hydrogens (tertiary/aromatic N) is 3. The molecule has 5 heteroatoms. The first kappa shape index (κ1) is 9.36. The van der Waals surface area contributed by atoms with Gasteiger partial charge in [-0.05, 0) is 22.4 Å². The molecule has 0 amide bonds. The third kappa shape index (κ3) is 1.83. The molecule has 0 saturated carbocycles. The molecular weight excluding hydrogens is 198 g/mol. The molecule has 74 valence electrons. The van der Waals surface area contributed by atoms with Gasteiger partial charge in [-0.1, -0.05) is 5.21 Å². The van der Waals surface area contributed by atoms with Crippen molar-refractivity contribution in [2.24, 2.45) is 7.05 Å². The third-order valence-electron chi connectivity index (χ3n) is 2.10. The van der Waals surface area contributed by atoms with E-state index in [4.69, 9.17) is 0 Å². The second-order valence-corrected chi connectivity index (χ2v) is 3.91. The number of aliphatic hydroxyl groups is 1. The van der Waals surface area contributed by atoms with Gasteiger partial charge in [0.05, 0.1) is 11.9 Å². The standard InChI is InChI=1S/C9H11N3OS/c1-12-8(5-10-11-12)9(13)4-7-2-3-14-6-7/h2-3,5-6,9,13H,4H2,1H3. The molecule has 0 aliphatic rings. The van der Waals surface area contributed by atoms with Crippen LogP contribution in [0.1, 0.15) is 17.4 Å². The molecule has 2 rings (SSSR count). The highest BCUT2D eigenvalue weighted by atomic mass is 32.1. The van der Waals surface area contributed by atoms with E-state index in [9.17, 15) is 5.11 Å². The van der Waals surface area contributed by atoms with Gasteiger partial charge in [0, 0.05) is 13.5 Å². The number of rotatable bonds is 3. The maximum absolute atomic E-state index is 9.87. The van der Waals surface area contributed by atoms with Crippen LogP contribution in [0.15, 0.2) is 23.0 Å². The Labute approximate surface area is 85.8 Å². The number of hydrogen-bond acceptors (Lipinski definition) is 4. The smallest absolute Gasteiger partial charge is 0.101 e. The van der Waals surface area contributed by atoms with Crippen molar-refractivity contribution in [3.8, 4) is 0 Å². The highest BCUT2D eigenvalue weighted by molar-refractivity contribution is 7.07. The molecule has 0 radical (unpaired) electrons. The molecule has 0 saturated heterocycles. The van der Waals surface area contributed by atoms with Gasteiger partial charge in [0.1, 0.15) is 6.10 Å². The van der Waals surface area contributed by atoms with E-state index >= 15 is 0 Å². The molecule has 0 bridgehead atoms. The molecule has 0 fully saturated rings. The van der Waals surface area contributed by atoms with Gasteiger partial charge >= 0.3 is 0 Å². The first-order valence-corrected chi connectivity index (χ1v) is 5.25. The van der Waals surface area contributed by atoms with E-state index in [1.165, 1.54) is 0 Å². The summed E-state index contributed by atoms with van der Waals surface area (Å²) in [6, 6.07) is 2.01. The summed E-state index contributed by atoms with van der Waals surface area (Å²) in [4.78, 5) is 0. The Morgan fingerprint density at radius 3 is 3.07 bits per heavy atom. The average molecular weight is 209 g/mol. The lowest BCUT2D eigenvalue weighted by Gasteiger charge is -2.08. The molecule has 2 aromatic heterocycles. The Morgan fingerprint density at radius 1 is 1.64 bits per heavy atom. The molecule has 0 aliphatic carbocycles. The summed E-state index contributed by atoms with van der Waals surface area (Å²) >= 11 is 1.63. The first-order chi connectivity index (χ1) is 6.77. The van der Waals surface area contributed by atoms with Gasteiger partial charge < -0.3 is 5.11 Å². The van der Waals surface area contributed by atoms with E-state index in [0.29, 0.717) is 6.42 Å². The summed E-state index contributed by atoms with van der Waals surface area (Å²) in [5.41, 5.74) is 1.89. The first-order valence-electron chi connectivity index (χ1n) is 4.31. The van der Waals surface area contributed by atoms with Crippen LogP contribution in [0.4, 0.5) is 0 Å². The second-order valence-electron chi connectivity index (χ2n) is 3.13. The zero-order valence-corrected chi connectivity index (χ0v) is 8.61. The van der Waals surface area contributed by atoms with Crippen molar-refractivity contribution < 1.29 is 5.11 Å². The summed E-state index contributed by atoms with van der Waals surface area (Å²) in [7, 11) is 1.78. The molecule has 14 heavy (non-hydrogen) atoms. The fraction of sp³-hybridized carbons (Fsp3) is 0.333. The normalized spacial score (nSPS) is 13.0. The summed E-state index contributed by atoms with van der Waals surface area (Å²) in [5, 5.41) is 21.4. The molecule has 2 aromatic rings. The SMILES string of the molecule is Cn1nncc1C(O)Cc1ccsc1. The lowest BCUT2D eigenvalue weighted by Crippen LogP contribution is -2.07. The van der Waals surface area contributed by atoms with E-state index in [1.54, 1.807) is 29.3 Å². The number of aliphatic hydroxyl groups excluding tert-OH is 1. The van der Waals surface area contributed by atoms with Crippen molar-refractivity contribution in [1.29, 1.82) is 0 Å². The molecular formula is C9H11N3OS. The highest BCUT2D eigenvalue weighted by Crippen LogP contribution is 2.18. The van der Waals surface area contributed by atoms with Crippen LogP contribution < -0.4 is 0 Å². The van der Waals surface area contributed by atoms with Gasteiger partial charge in [-0.2, -0.15) is 11.3 Å². The molecule has 0 spiro atoms. The number of aromatic nitrogens is 3. The van der Waals surface area contributed by atoms with E-state index in [2.05, 4.69) is 10.3 Å². The summed E-state index contributed by atoms with van der Waals surface area (Å²) < 4.78 is 1.59. The summed E-state index contributed by atoms with van der Waals surface area (Å²) in [6.07, 6.45) is 1.69. The number of aryl methyl sites for hydroxylation is 1. The minimum atomic E-state index is -0.524. The van der Waals surface area contributed by atoms with Gasteiger partial charge in [0.2, 0.25) is 0 Å². The second kappa shape index (κ2) is 3.89. The van der Waals surface area contributed by atoms with Crippen LogP contribution in [-0.2, 0) is 13.5 Å². The molecule has 1 unspecified atom stereocenters. The average Bonchev–Trinajstić information content (AvgIpc) is 2.75. The summed E-state index contributed by atoms with van der Waals surface area (Å²) in [6.45, 7) is 0. The Balaban J connectivity index is 2.10. The van der Waals surface area contributed by atoms with E-state index < -0.39 is 6.10 Å². The Kier molecular flexibility index (Phi) is 2.60. The maximum Gasteiger partial charge on any atom is 0.101 e. The predicted molar refractivity (Wildman–Crippen MR) is 54.0 cm³/mol. The van der Waals surface area contributed by atoms with E-state index in [0.717, 1.165) is 11.3 Å². The molecule has 1 N–H and O–H groups in total. The van der Waals surface area contributed by atoms with Gasteiger partial charge in [0.15, 0.2) is 0 Å². The van der Waals surface area contributed by atoms with Crippen LogP contribution in [0.5, 0.6) is 0 Å². The molecule has 4 nitrogen and oxygen atoms in total. The monoisotopic (exact) mass is 209 g/mol. The van der Waals surface area contributed by atoms with Crippen molar-refractivity contribution in [2.45, 2.75) is 12.5 Å². The molecule has 0 aliphatic heterocycles. The Hall–Kier alpha value is -1.20. The van der Waals surface area contributed by atoms with Crippen molar-refractivity contribution >= 4 is 11.3 Å². The predicted octanol–water partition coefficient (Wildman–Crippen LogP) is 1.15. The summed E-state index contributed by atoms with van der Waals surface area (Å²) in [5.74, 6) is 0. The van der Waals surface area contributed by atoms with Crippen LogP contribution in [-0.4, -0.2) is 20.1 Å². The fourth-order valence-corrected chi connectivity index (χ4v) is 2.02. The van der Waals surface area contributed by atoms with Crippen LogP contribution in [0, 0.1) is 0 Å².